The highest BCUT2D eigenvalue weighted by Crippen LogP contribution is 2.41. The van der Waals surface area contributed by atoms with E-state index < -0.39 is 5.43 Å². The van der Waals surface area contributed by atoms with Crippen LogP contribution >= 0.6 is 0 Å². The summed E-state index contributed by atoms with van der Waals surface area (Å²) >= 11 is 0. The molecule has 0 aliphatic carbocycles. The zero-order valence-corrected chi connectivity index (χ0v) is 17.1. The Morgan fingerprint density at radius 2 is 1.93 bits per heavy atom. The number of nitrogens with zero attached hydrogens (tertiary/aromatic N) is 1. The molecule has 158 valence electrons. The number of rotatable bonds is 4. The van der Waals surface area contributed by atoms with Crippen molar-refractivity contribution in [3.8, 4) is 28.6 Å². The highest BCUT2D eigenvalue weighted by molar-refractivity contribution is 5.91. The number of aromatic hydroxyl groups is 2. The number of nitrogens with one attached hydrogen (secondary N) is 1. The predicted molar refractivity (Wildman–Crippen MR) is 117 cm³/mol. The second-order valence-corrected chi connectivity index (χ2v) is 7.73. The Morgan fingerprint density at radius 1 is 1.10 bits per heavy atom. The highest BCUT2D eigenvalue weighted by atomic mass is 16.5. The van der Waals surface area contributed by atoms with Crippen LogP contribution in [0.15, 0.2) is 45.6 Å². The van der Waals surface area contributed by atoms with Crippen molar-refractivity contribution < 1.29 is 19.4 Å². The molecule has 1 fully saturated rings. The zero-order chi connectivity index (χ0) is 21.3. The summed E-state index contributed by atoms with van der Waals surface area (Å²) in [4.78, 5) is 15.1. The molecule has 3 N–H and O–H groups in total. The summed E-state index contributed by atoms with van der Waals surface area (Å²) in [5.74, 6) is -0.225. The maximum Gasteiger partial charge on any atom is 0.205 e. The third-order valence-corrected chi connectivity index (χ3v) is 5.11. The first-order chi connectivity index (χ1) is 14.4. The average molecular weight is 410 g/mol. The first-order valence-electron chi connectivity index (χ1n) is 10.2. The van der Waals surface area contributed by atoms with E-state index in [4.69, 9.17) is 9.15 Å². The van der Waals surface area contributed by atoms with Gasteiger partial charge in [0.25, 0.3) is 0 Å². The molecule has 0 saturated carbocycles. The van der Waals surface area contributed by atoms with Crippen molar-refractivity contribution >= 4 is 16.7 Å². The molecule has 0 radical (unpaired) electrons. The molecule has 4 rings (SSSR count). The van der Waals surface area contributed by atoms with Gasteiger partial charge < -0.3 is 29.6 Å². The number of hydrogen-bond acceptors (Lipinski definition) is 7. The van der Waals surface area contributed by atoms with Crippen molar-refractivity contribution in [3.05, 3.63) is 46.6 Å². The molecular formula is C23H26N2O5. The van der Waals surface area contributed by atoms with E-state index in [2.05, 4.69) is 10.2 Å². The van der Waals surface area contributed by atoms with Crippen molar-refractivity contribution in [1.29, 1.82) is 0 Å². The molecule has 0 amide bonds. The van der Waals surface area contributed by atoms with Crippen molar-refractivity contribution in [2.24, 2.45) is 0 Å². The summed E-state index contributed by atoms with van der Waals surface area (Å²) in [6.07, 6.45) is 0.807. The van der Waals surface area contributed by atoms with Gasteiger partial charge in [-0.1, -0.05) is 12.1 Å². The van der Waals surface area contributed by atoms with E-state index in [-0.39, 0.29) is 34.3 Å². The van der Waals surface area contributed by atoms with Gasteiger partial charge in [-0.3, -0.25) is 4.79 Å². The van der Waals surface area contributed by atoms with Gasteiger partial charge in [-0.05, 0) is 38.9 Å². The zero-order valence-electron chi connectivity index (χ0n) is 17.1. The molecule has 3 aromatic rings. The SMILES string of the molecule is CC(C)Oc1c(O)cc(O)c2c(=O)cc(-c3cccc(N4CCCNCC4)c3)oc12. The molecule has 0 spiro atoms. The van der Waals surface area contributed by atoms with Crippen LogP contribution in [0, 0.1) is 0 Å². The van der Waals surface area contributed by atoms with Crippen LogP contribution in [0.2, 0.25) is 0 Å². The second kappa shape index (κ2) is 8.28. The van der Waals surface area contributed by atoms with Crippen LogP contribution in [0.5, 0.6) is 17.2 Å². The first kappa shape index (κ1) is 20.1. The van der Waals surface area contributed by atoms with Gasteiger partial charge in [-0.25, -0.2) is 0 Å². The van der Waals surface area contributed by atoms with E-state index in [0.29, 0.717) is 5.76 Å². The summed E-state index contributed by atoms with van der Waals surface area (Å²) in [6.45, 7) is 7.38. The number of fused-ring (bicyclic) bond motifs is 1. The van der Waals surface area contributed by atoms with Gasteiger partial charge in [0.05, 0.1) is 6.10 Å². The predicted octanol–water partition coefficient (Wildman–Crippen LogP) is 3.46. The molecule has 1 saturated heterocycles. The van der Waals surface area contributed by atoms with Crippen LogP contribution in [0.25, 0.3) is 22.3 Å². The van der Waals surface area contributed by atoms with Crippen LogP contribution in [0.4, 0.5) is 5.69 Å². The fraction of sp³-hybridized carbons (Fsp3) is 0.348. The molecule has 30 heavy (non-hydrogen) atoms. The van der Waals surface area contributed by atoms with Crippen LogP contribution in [0.3, 0.4) is 0 Å². The van der Waals surface area contributed by atoms with Crippen molar-refractivity contribution in [2.75, 3.05) is 31.1 Å². The molecule has 7 heteroatoms. The fourth-order valence-corrected chi connectivity index (χ4v) is 3.73. The molecular weight excluding hydrogens is 384 g/mol. The summed E-state index contributed by atoms with van der Waals surface area (Å²) < 4.78 is 11.7. The standard InChI is InChI=1S/C23H26N2O5/c1-14(2)29-22-19(28)12-17(26)21-18(27)13-20(30-23(21)22)15-5-3-6-16(11-15)25-9-4-7-24-8-10-25/h3,5-6,11-14,24,26,28H,4,7-10H2,1-2H3. The lowest BCUT2D eigenvalue weighted by atomic mass is 10.1. The number of ether oxygens (including phenoxy) is 1. The van der Waals surface area contributed by atoms with Gasteiger partial charge in [0, 0.05) is 43.0 Å². The lowest BCUT2D eigenvalue weighted by molar-refractivity contribution is 0.231. The minimum Gasteiger partial charge on any atom is -0.507 e. The number of hydrogen-bond donors (Lipinski definition) is 3. The lowest BCUT2D eigenvalue weighted by Crippen LogP contribution is -2.27. The molecule has 1 aliphatic heterocycles. The van der Waals surface area contributed by atoms with E-state index in [1.54, 1.807) is 13.8 Å². The molecule has 7 nitrogen and oxygen atoms in total. The third kappa shape index (κ3) is 3.93. The maximum atomic E-state index is 12.8. The van der Waals surface area contributed by atoms with Gasteiger partial charge in [0.15, 0.2) is 16.8 Å². The molecule has 2 aromatic carbocycles. The quantitative estimate of drug-likeness (QED) is 0.606. The van der Waals surface area contributed by atoms with Gasteiger partial charge >= 0.3 is 0 Å². The van der Waals surface area contributed by atoms with Gasteiger partial charge in [0.1, 0.15) is 16.9 Å². The molecule has 0 bridgehead atoms. The Hall–Kier alpha value is -3.19. The third-order valence-electron chi connectivity index (χ3n) is 5.11. The molecule has 0 atom stereocenters. The average Bonchev–Trinajstić information content (AvgIpc) is 3.00. The van der Waals surface area contributed by atoms with Crippen molar-refractivity contribution in [1.82, 2.24) is 5.32 Å². The van der Waals surface area contributed by atoms with E-state index >= 15 is 0 Å². The van der Waals surface area contributed by atoms with Crippen LogP contribution in [0.1, 0.15) is 20.3 Å². The molecule has 1 aromatic heterocycles. The fourth-order valence-electron chi connectivity index (χ4n) is 3.73. The van der Waals surface area contributed by atoms with Crippen LogP contribution in [-0.4, -0.2) is 42.5 Å². The van der Waals surface area contributed by atoms with E-state index in [1.807, 2.05) is 24.3 Å². The normalized spacial score (nSPS) is 14.8. The van der Waals surface area contributed by atoms with E-state index in [9.17, 15) is 15.0 Å². The smallest absolute Gasteiger partial charge is 0.205 e. The van der Waals surface area contributed by atoms with E-state index in [0.717, 1.165) is 49.9 Å². The monoisotopic (exact) mass is 410 g/mol. The largest absolute Gasteiger partial charge is 0.507 e. The Balaban J connectivity index is 1.83. The van der Waals surface area contributed by atoms with Gasteiger partial charge in [-0.15, -0.1) is 0 Å². The Labute approximate surface area is 174 Å². The number of anilines is 1. The van der Waals surface area contributed by atoms with Crippen molar-refractivity contribution in [3.63, 3.8) is 0 Å². The Morgan fingerprint density at radius 3 is 2.73 bits per heavy atom. The van der Waals surface area contributed by atoms with Gasteiger partial charge in [0.2, 0.25) is 5.75 Å². The number of benzene rings is 2. The minimum absolute atomic E-state index is 0.0121. The minimum atomic E-state index is -0.401. The topological polar surface area (TPSA) is 95.2 Å². The summed E-state index contributed by atoms with van der Waals surface area (Å²) in [5.41, 5.74) is 1.42. The lowest BCUT2D eigenvalue weighted by Gasteiger charge is -2.22. The van der Waals surface area contributed by atoms with Crippen LogP contribution in [-0.2, 0) is 0 Å². The molecule has 0 unspecified atom stereocenters. The molecule has 1 aliphatic rings. The van der Waals surface area contributed by atoms with Crippen LogP contribution < -0.4 is 20.4 Å². The summed E-state index contributed by atoms with van der Waals surface area (Å²) in [5, 5.41) is 23.9. The number of phenols is 2. The maximum absolute atomic E-state index is 12.8. The highest BCUT2D eigenvalue weighted by Gasteiger charge is 2.20. The second-order valence-electron chi connectivity index (χ2n) is 7.73. The molecule has 2 heterocycles. The van der Waals surface area contributed by atoms with Crippen molar-refractivity contribution in [2.45, 2.75) is 26.4 Å². The summed E-state index contributed by atoms with van der Waals surface area (Å²) in [6, 6.07) is 10.3. The Bertz CT molecular complexity index is 1110. The van der Waals surface area contributed by atoms with E-state index in [1.165, 1.54) is 6.07 Å². The number of phenolic OH excluding ortho intramolecular Hbond substituents is 2. The Kier molecular flexibility index (Phi) is 5.55. The van der Waals surface area contributed by atoms with Gasteiger partial charge in [-0.2, -0.15) is 0 Å². The summed E-state index contributed by atoms with van der Waals surface area (Å²) in [7, 11) is 0. The first-order valence-corrected chi connectivity index (χ1v) is 10.2.